The van der Waals surface area contributed by atoms with Gasteiger partial charge in [-0.25, -0.2) is 4.39 Å². The van der Waals surface area contributed by atoms with Crippen molar-refractivity contribution in [2.45, 2.75) is 135 Å². The Bertz CT molecular complexity index is 3100. The molecule has 0 unspecified atom stereocenters. The van der Waals surface area contributed by atoms with Crippen molar-refractivity contribution in [1.29, 1.82) is 0 Å². The second kappa shape index (κ2) is 53.1. The van der Waals surface area contributed by atoms with E-state index in [0.717, 1.165) is 70.2 Å². The van der Waals surface area contributed by atoms with Gasteiger partial charge in [-0.3, -0.25) is 0 Å². The number of hydrogen-bond acceptors (Lipinski definition) is 5. The highest BCUT2D eigenvalue weighted by Crippen LogP contribution is 2.34. The number of halogens is 9. The van der Waals surface area contributed by atoms with E-state index in [1.807, 2.05) is 157 Å². The molecule has 0 aromatic heterocycles. The fourth-order valence-corrected chi connectivity index (χ4v) is 7.70. The van der Waals surface area contributed by atoms with E-state index in [-0.39, 0.29) is 11.4 Å². The third-order valence-electron chi connectivity index (χ3n) is 14.1. The van der Waals surface area contributed by atoms with E-state index < -0.39 is 23.5 Å². The predicted molar refractivity (Wildman–Crippen MR) is 404 cm³/mol. The molecule has 0 spiro atoms. The molecule has 2 aliphatic rings. The Morgan fingerprint density at radius 1 is 0.454 bits per heavy atom. The number of para-hydroxylation sites is 1. The first-order valence-electron chi connectivity index (χ1n) is 32.8. The number of ether oxygens (including phenoxy) is 2. The van der Waals surface area contributed by atoms with Crippen LogP contribution in [0, 0.1) is 80.0 Å². The molecule has 0 heterocycles. The molecule has 97 heavy (non-hydrogen) atoms. The Morgan fingerprint density at radius 2 is 0.856 bits per heavy atom. The number of rotatable bonds is 8. The van der Waals surface area contributed by atoms with Crippen LogP contribution in [0.15, 0.2) is 206 Å². The van der Waals surface area contributed by atoms with Crippen molar-refractivity contribution in [3.8, 4) is 11.5 Å². The maximum absolute atomic E-state index is 12.3. The molecular formula is C83H114Cl2F7N3O2. The number of nitrogens with zero attached hydrogens (tertiary/aromatic N) is 3. The number of benzene rings is 8. The molecular weight excluding hydrogens is 1270 g/mol. The second-order valence-corrected chi connectivity index (χ2v) is 25.2. The SMILES string of the molecule is CC=C(C)C.CCN(C)CC.CN(C)C.CN(CC1CC1)CC1CC1.COc1ccc(C)cc1.COc1ccccc1C.Cc1cccc(C(F)(F)F)c1.Cc1cccc(Cl)c1.Cc1ccccc1C.Cc1ccccc1C(F)(F)F.Cc1ccccc1Cl.Cc1ccccc1F. The standard InChI is InChI=1S/C9H17N.2C8H7F3.2C8H10O.C8H10.2C7H7Cl.C7H7F.C5H13N.C5H10.C3H9N/c1-10(6-8-2-3-8)7-9-4-5-9;1-6-3-2-4-7(5-6)8(9,10)11;1-6-4-2-3-5-7(6)8(9,10)11;1-7-3-5-8(9-2)6-4-7;1-7-5-3-4-6-8(7)9-2;1-7-5-3-4-6-8(7)2;1-6-3-2-4-7(8)5-6;2*1-6-4-2-3-5-7(6)8;1-4-6(3)5-2;1-4-5(2)3;1-4(2)3/h8-9H,2-7H2,1H3;2*2-5H,1H3;2*3-6H,1-2H3;3-6H,1-2H3;3*2-5H,1H3;4-5H2,1-3H3;4H,1-3H3;1-3H3. The lowest BCUT2D eigenvalue weighted by molar-refractivity contribution is -0.138. The summed E-state index contributed by atoms with van der Waals surface area (Å²) in [6, 6.07) is 57.2. The summed E-state index contributed by atoms with van der Waals surface area (Å²) in [5.74, 6) is 3.89. The van der Waals surface area contributed by atoms with Crippen molar-refractivity contribution in [2.75, 3.05) is 75.6 Å². The topological polar surface area (TPSA) is 28.2 Å². The van der Waals surface area contributed by atoms with E-state index in [2.05, 4.69) is 103 Å². The van der Waals surface area contributed by atoms with Crippen molar-refractivity contribution >= 4 is 23.2 Å². The number of methoxy groups -OCH3 is 2. The van der Waals surface area contributed by atoms with Gasteiger partial charge >= 0.3 is 12.4 Å². The summed E-state index contributed by atoms with van der Waals surface area (Å²) in [4.78, 5) is 6.77. The van der Waals surface area contributed by atoms with E-state index in [1.165, 1.54) is 103 Å². The number of hydrogen-bond donors (Lipinski definition) is 0. The van der Waals surface area contributed by atoms with E-state index >= 15 is 0 Å². The highest BCUT2D eigenvalue weighted by molar-refractivity contribution is 6.31. The van der Waals surface area contributed by atoms with E-state index in [1.54, 1.807) is 52.3 Å². The Morgan fingerprint density at radius 3 is 1.11 bits per heavy atom. The zero-order valence-electron chi connectivity index (χ0n) is 61.9. The quantitative estimate of drug-likeness (QED) is 0.112. The molecule has 14 heteroatoms. The van der Waals surface area contributed by atoms with Crippen molar-refractivity contribution in [1.82, 2.24) is 14.7 Å². The smallest absolute Gasteiger partial charge is 0.416 e. The Kier molecular flexibility index (Phi) is 50.4. The van der Waals surface area contributed by atoms with E-state index in [0.29, 0.717) is 11.1 Å². The van der Waals surface area contributed by atoms with Crippen molar-refractivity contribution < 1.29 is 40.2 Å². The monoisotopic (exact) mass is 1390 g/mol. The zero-order valence-corrected chi connectivity index (χ0v) is 63.4. The van der Waals surface area contributed by atoms with Crippen LogP contribution in [0.1, 0.15) is 121 Å². The summed E-state index contributed by atoms with van der Waals surface area (Å²) in [6.07, 6.45) is -0.370. The lowest BCUT2D eigenvalue weighted by Gasteiger charge is -2.14. The average molecular weight is 1390 g/mol. The molecule has 0 N–H and O–H groups in total. The van der Waals surface area contributed by atoms with Crippen LogP contribution in [0.25, 0.3) is 0 Å². The third kappa shape index (κ3) is 51.9. The van der Waals surface area contributed by atoms with Gasteiger partial charge in [0.2, 0.25) is 0 Å². The fourth-order valence-electron chi connectivity index (χ4n) is 7.32. The lowest BCUT2D eigenvalue weighted by atomic mass is 10.1. The Labute approximate surface area is 591 Å². The molecule has 0 atom stereocenters. The summed E-state index contributed by atoms with van der Waals surface area (Å²) in [7, 11) is 13.7. The number of aryl methyl sites for hydroxylation is 9. The highest BCUT2D eigenvalue weighted by atomic mass is 35.5. The van der Waals surface area contributed by atoms with Crippen LogP contribution in [0.2, 0.25) is 10.0 Å². The van der Waals surface area contributed by atoms with Crippen LogP contribution in [0.3, 0.4) is 0 Å². The molecule has 0 bridgehead atoms. The van der Waals surface area contributed by atoms with Gasteiger partial charge in [-0.05, 0) is 262 Å². The molecule has 8 aromatic carbocycles. The molecule has 5 nitrogen and oxygen atoms in total. The predicted octanol–water partition coefficient (Wildman–Crippen LogP) is 24.6. The van der Waals surface area contributed by atoms with Crippen molar-refractivity contribution in [2.24, 2.45) is 11.8 Å². The summed E-state index contributed by atoms with van der Waals surface area (Å²) in [5.41, 5.74) is 9.34. The molecule has 2 aliphatic carbocycles. The summed E-state index contributed by atoms with van der Waals surface area (Å²) >= 11 is 11.4. The number of alkyl halides is 6. The van der Waals surface area contributed by atoms with Crippen LogP contribution in [0.4, 0.5) is 30.7 Å². The maximum Gasteiger partial charge on any atom is 0.416 e. The van der Waals surface area contributed by atoms with Crippen LogP contribution in [-0.2, 0) is 12.4 Å². The molecule has 0 amide bonds. The van der Waals surface area contributed by atoms with E-state index in [9.17, 15) is 30.7 Å². The van der Waals surface area contributed by atoms with Gasteiger partial charge in [0.1, 0.15) is 17.3 Å². The molecule has 10 rings (SSSR count). The molecule has 2 fully saturated rings. The van der Waals surface area contributed by atoms with Crippen molar-refractivity contribution in [3.05, 3.63) is 283 Å². The van der Waals surface area contributed by atoms with E-state index in [4.69, 9.17) is 32.7 Å². The minimum Gasteiger partial charge on any atom is -0.497 e. The first-order chi connectivity index (χ1) is 45.5. The van der Waals surface area contributed by atoms with Gasteiger partial charge in [-0.1, -0.05) is 199 Å². The van der Waals surface area contributed by atoms with Gasteiger partial charge in [-0.2, -0.15) is 26.3 Å². The molecule has 8 aromatic rings. The Hall–Kier alpha value is -6.93. The lowest BCUT2D eigenvalue weighted by Crippen LogP contribution is -2.23. The summed E-state index contributed by atoms with van der Waals surface area (Å²) in [6.45, 7) is 32.7. The minimum absolute atomic E-state index is 0.132. The van der Waals surface area contributed by atoms with Gasteiger partial charge in [0.15, 0.2) is 0 Å². The molecule has 0 saturated heterocycles. The van der Waals surface area contributed by atoms with Gasteiger partial charge in [0.25, 0.3) is 0 Å². The van der Waals surface area contributed by atoms with Gasteiger partial charge < -0.3 is 24.2 Å². The van der Waals surface area contributed by atoms with Crippen molar-refractivity contribution in [3.63, 3.8) is 0 Å². The van der Waals surface area contributed by atoms with Gasteiger partial charge in [-0.15, -0.1) is 0 Å². The van der Waals surface area contributed by atoms with Crippen LogP contribution < -0.4 is 9.47 Å². The van der Waals surface area contributed by atoms with Crippen LogP contribution in [0.5, 0.6) is 11.5 Å². The molecule has 2 saturated carbocycles. The average Bonchev–Trinajstić information content (AvgIpc) is 1.91. The first kappa shape index (κ1) is 92.1. The first-order valence-corrected chi connectivity index (χ1v) is 33.5. The molecule has 0 aliphatic heterocycles. The molecule has 0 radical (unpaired) electrons. The zero-order chi connectivity index (χ0) is 74.1. The number of allylic oxidation sites excluding steroid dienone is 2. The molecule has 536 valence electrons. The normalized spacial score (nSPS) is 11.4. The van der Waals surface area contributed by atoms with Gasteiger partial charge in [0.05, 0.1) is 25.3 Å². The fraction of sp³-hybridized carbons (Fsp3) is 0.398. The van der Waals surface area contributed by atoms with Crippen LogP contribution >= 0.6 is 23.2 Å². The third-order valence-corrected chi connectivity index (χ3v) is 14.8. The highest BCUT2D eigenvalue weighted by Gasteiger charge is 2.32. The minimum atomic E-state index is -4.22. The van der Waals surface area contributed by atoms with Gasteiger partial charge in [0, 0.05) is 23.1 Å². The Balaban J connectivity index is 0. The summed E-state index contributed by atoms with van der Waals surface area (Å²) in [5, 5.41) is 1.65. The largest absolute Gasteiger partial charge is 0.497 e. The summed E-state index contributed by atoms with van der Waals surface area (Å²) < 4.78 is 94.4. The second-order valence-electron chi connectivity index (χ2n) is 24.4. The maximum atomic E-state index is 12.3. The van der Waals surface area contributed by atoms with Crippen LogP contribution in [-0.4, -0.2) is 90.3 Å².